The zero-order chi connectivity index (χ0) is 14.8. The summed E-state index contributed by atoms with van der Waals surface area (Å²) < 4.78 is 10.6. The molecular weight excluding hydrogens is 266 g/mol. The van der Waals surface area contributed by atoms with Gasteiger partial charge >= 0.3 is 0 Å². The second-order valence-corrected chi connectivity index (χ2v) is 5.78. The van der Waals surface area contributed by atoms with Crippen LogP contribution in [0.1, 0.15) is 18.4 Å². The van der Waals surface area contributed by atoms with Crippen LogP contribution in [-0.4, -0.2) is 20.1 Å². The lowest BCUT2D eigenvalue weighted by Gasteiger charge is -2.18. The molecule has 3 rings (SSSR count). The van der Waals surface area contributed by atoms with Gasteiger partial charge in [0.05, 0.1) is 14.2 Å². The molecule has 1 N–H and O–H groups in total. The van der Waals surface area contributed by atoms with E-state index in [1.54, 1.807) is 14.2 Å². The lowest BCUT2D eigenvalue weighted by atomic mass is 9.93. The van der Waals surface area contributed by atoms with E-state index in [1.807, 2.05) is 18.2 Å². The van der Waals surface area contributed by atoms with E-state index in [1.165, 1.54) is 0 Å². The number of ether oxygens (including phenoxy) is 2. The largest absolute Gasteiger partial charge is 0.497 e. The van der Waals surface area contributed by atoms with E-state index in [2.05, 4.69) is 17.5 Å². The zero-order valence-electron chi connectivity index (χ0n) is 12.5. The smallest absolute Gasteiger partial charge is 0.223 e. The molecule has 1 aromatic carbocycles. The predicted molar refractivity (Wildman–Crippen MR) is 80.2 cm³/mol. The van der Waals surface area contributed by atoms with Gasteiger partial charge in [-0.2, -0.15) is 0 Å². The molecule has 2 aliphatic rings. The van der Waals surface area contributed by atoms with E-state index in [-0.39, 0.29) is 11.8 Å². The van der Waals surface area contributed by atoms with Crippen LogP contribution in [0.4, 0.5) is 0 Å². The van der Waals surface area contributed by atoms with Gasteiger partial charge in [0.25, 0.3) is 0 Å². The number of carbonyl (C=O) groups is 1. The number of methoxy groups -OCH3 is 2. The maximum Gasteiger partial charge on any atom is 0.223 e. The fourth-order valence-corrected chi connectivity index (χ4v) is 3.42. The summed E-state index contributed by atoms with van der Waals surface area (Å²) in [5, 5.41) is 3.04. The summed E-state index contributed by atoms with van der Waals surface area (Å²) >= 11 is 0. The summed E-state index contributed by atoms with van der Waals surface area (Å²) in [6.07, 6.45) is 6.58. The first kappa shape index (κ1) is 14.0. The molecule has 2 aliphatic carbocycles. The van der Waals surface area contributed by atoms with Gasteiger partial charge in [0, 0.05) is 18.0 Å². The average molecular weight is 287 g/mol. The molecule has 1 aromatic rings. The van der Waals surface area contributed by atoms with Gasteiger partial charge in [0.1, 0.15) is 11.5 Å². The Labute approximate surface area is 125 Å². The third kappa shape index (κ3) is 2.75. The van der Waals surface area contributed by atoms with Gasteiger partial charge in [-0.3, -0.25) is 4.79 Å². The molecule has 0 radical (unpaired) electrons. The molecule has 0 spiro atoms. The van der Waals surface area contributed by atoms with Crippen molar-refractivity contribution in [2.45, 2.75) is 19.4 Å². The fraction of sp³-hybridized carbons (Fsp3) is 0.471. The summed E-state index contributed by atoms with van der Waals surface area (Å²) in [6.45, 7) is 0.469. The van der Waals surface area contributed by atoms with Gasteiger partial charge in [0.15, 0.2) is 0 Å². The molecule has 3 atom stereocenters. The Hall–Kier alpha value is -1.97. The summed E-state index contributed by atoms with van der Waals surface area (Å²) in [6, 6.07) is 5.62. The number of carbonyl (C=O) groups excluding carboxylic acids is 1. The molecule has 3 unspecified atom stereocenters. The number of nitrogens with one attached hydrogen (secondary N) is 1. The highest BCUT2D eigenvalue weighted by Gasteiger charge is 2.39. The number of fused-ring (bicyclic) bond motifs is 2. The molecule has 1 amide bonds. The fourth-order valence-electron chi connectivity index (χ4n) is 3.42. The summed E-state index contributed by atoms with van der Waals surface area (Å²) in [5.74, 6) is 2.86. The topological polar surface area (TPSA) is 47.6 Å². The van der Waals surface area contributed by atoms with Crippen LogP contribution in [0.5, 0.6) is 11.5 Å². The molecule has 4 heteroatoms. The monoisotopic (exact) mass is 287 g/mol. The highest BCUT2D eigenvalue weighted by Crippen LogP contribution is 2.43. The van der Waals surface area contributed by atoms with Crippen molar-refractivity contribution in [2.24, 2.45) is 17.8 Å². The van der Waals surface area contributed by atoms with Crippen molar-refractivity contribution in [3.63, 3.8) is 0 Å². The van der Waals surface area contributed by atoms with Crippen LogP contribution in [0, 0.1) is 17.8 Å². The molecule has 2 bridgehead atoms. The number of hydrogen-bond acceptors (Lipinski definition) is 3. The second-order valence-electron chi connectivity index (χ2n) is 5.78. The van der Waals surface area contributed by atoms with Crippen LogP contribution in [-0.2, 0) is 11.3 Å². The Bertz CT molecular complexity index is 567. The van der Waals surface area contributed by atoms with Gasteiger partial charge in [0.2, 0.25) is 5.91 Å². The third-order valence-corrected chi connectivity index (χ3v) is 4.56. The molecule has 0 saturated heterocycles. The quantitative estimate of drug-likeness (QED) is 0.847. The van der Waals surface area contributed by atoms with Crippen LogP contribution in [0.15, 0.2) is 30.4 Å². The molecule has 0 heterocycles. The Morgan fingerprint density at radius 2 is 2.10 bits per heavy atom. The summed E-state index contributed by atoms with van der Waals surface area (Å²) in [4.78, 5) is 12.3. The maximum atomic E-state index is 12.3. The Balaban J connectivity index is 1.64. The van der Waals surface area contributed by atoms with Gasteiger partial charge in [-0.25, -0.2) is 0 Å². The number of hydrogen-bond donors (Lipinski definition) is 1. The van der Waals surface area contributed by atoms with Crippen LogP contribution in [0.25, 0.3) is 0 Å². The van der Waals surface area contributed by atoms with Crippen LogP contribution in [0.2, 0.25) is 0 Å². The highest BCUT2D eigenvalue weighted by molar-refractivity contribution is 5.80. The van der Waals surface area contributed by atoms with E-state index >= 15 is 0 Å². The van der Waals surface area contributed by atoms with Crippen molar-refractivity contribution in [3.8, 4) is 11.5 Å². The van der Waals surface area contributed by atoms with Crippen molar-refractivity contribution in [2.75, 3.05) is 14.2 Å². The maximum absolute atomic E-state index is 12.3. The zero-order valence-corrected chi connectivity index (χ0v) is 12.5. The second kappa shape index (κ2) is 5.80. The van der Waals surface area contributed by atoms with E-state index in [4.69, 9.17) is 9.47 Å². The standard InChI is InChI=1S/C17H21NO3/c1-20-14-5-6-16(21-2)13(9-14)10-18-17(19)15-8-11-3-4-12(15)7-11/h3-6,9,11-12,15H,7-8,10H2,1-2H3,(H,18,19). The molecule has 1 saturated carbocycles. The van der Waals surface area contributed by atoms with Crippen LogP contribution in [0.3, 0.4) is 0 Å². The first-order chi connectivity index (χ1) is 10.2. The molecule has 1 fully saturated rings. The van der Waals surface area contributed by atoms with E-state index < -0.39 is 0 Å². The third-order valence-electron chi connectivity index (χ3n) is 4.56. The van der Waals surface area contributed by atoms with Gasteiger partial charge in [-0.15, -0.1) is 0 Å². The minimum atomic E-state index is 0.136. The minimum Gasteiger partial charge on any atom is -0.497 e. The predicted octanol–water partition coefficient (Wildman–Crippen LogP) is 2.53. The SMILES string of the molecule is COc1ccc(OC)c(CNC(=O)C2CC3C=CC2C3)c1. The van der Waals surface area contributed by atoms with Crippen LogP contribution >= 0.6 is 0 Å². The Morgan fingerprint density at radius 3 is 2.71 bits per heavy atom. The average Bonchev–Trinajstić information content (AvgIpc) is 3.15. The number of allylic oxidation sites excluding steroid dienone is 2. The highest BCUT2D eigenvalue weighted by atomic mass is 16.5. The lowest BCUT2D eigenvalue weighted by molar-refractivity contribution is -0.125. The molecule has 0 aromatic heterocycles. The normalized spacial score (nSPS) is 25.9. The lowest BCUT2D eigenvalue weighted by Crippen LogP contribution is -2.32. The molecule has 0 aliphatic heterocycles. The summed E-state index contributed by atoms with van der Waals surface area (Å²) in [7, 11) is 3.26. The van der Waals surface area contributed by atoms with Crippen molar-refractivity contribution >= 4 is 5.91 Å². The minimum absolute atomic E-state index is 0.136. The van der Waals surface area contributed by atoms with Crippen molar-refractivity contribution < 1.29 is 14.3 Å². The number of benzene rings is 1. The van der Waals surface area contributed by atoms with Crippen molar-refractivity contribution in [3.05, 3.63) is 35.9 Å². The Morgan fingerprint density at radius 1 is 1.24 bits per heavy atom. The molecule has 21 heavy (non-hydrogen) atoms. The molecular formula is C17H21NO3. The molecule has 4 nitrogen and oxygen atoms in total. The summed E-state index contributed by atoms with van der Waals surface area (Å²) in [5.41, 5.74) is 0.934. The Kier molecular flexibility index (Phi) is 3.86. The number of amides is 1. The first-order valence-electron chi connectivity index (χ1n) is 7.38. The molecule has 112 valence electrons. The first-order valence-corrected chi connectivity index (χ1v) is 7.38. The van der Waals surface area contributed by atoms with Gasteiger partial charge in [-0.1, -0.05) is 12.2 Å². The van der Waals surface area contributed by atoms with E-state index in [0.717, 1.165) is 29.9 Å². The van der Waals surface area contributed by atoms with Crippen LogP contribution < -0.4 is 14.8 Å². The van der Waals surface area contributed by atoms with Crippen molar-refractivity contribution in [1.29, 1.82) is 0 Å². The van der Waals surface area contributed by atoms with Gasteiger partial charge < -0.3 is 14.8 Å². The number of rotatable bonds is 5. The van der Waals surface area contributed by atoms with Crippen molar-refractivity contribution in [1.82, 2.24) is 5.32 Å². The van der Waals surface area contributed by atoms with E-state index in [9.17, 15) is 4.79 Å². The van der Waals surface area contributed by atoms with E-state index in [0.29, 0.717) is 18.4 Å². The van der Waals surface area contributed by atoms with Gasteiger partial charge in [-0.05, 0) is 42.9 Å².